The third-order valence-electron chi connectivity index (χ3n) is 9.41. The van der Waals surface area contributed by atoms with Crippen LogP contribution in [0.5, 0.6) is 6.01 Å². The SMILES string of the molecule is CC(C)(C)[Si](C)(C)O[C@@H]1CO[C@H]2[C@@H]1OC[C@H]2Oc1nc2nc(-c3ccc(-c4ccccc4)cc3)ncc2n1COCC[Si](C)(C)C. The maximum Gasteiger partial charge on any atom is 0.301 e. The molecule has 0 radical (unpaired) electrons. The largest absolute Gasteiger partial charge is 0.456 e. The zero-order chi connectivity index (χ0) is 32.7. The molecular weight excluding hydrogens is 613 g/mol. The third kappa shape index (κ3) is 7.14. The Bertz CT molecular complexity index is 1630. The first kappa shape index (κ1) is 33.0. The first-order valence-corrected chi connectivity index (χ1v) is 23.0. The smallest absolute Gasteiger partial charge is 0.301 e. The van der Waals surface area contributed by atoms with E-state index >= 15 is 0 Å². The summed E-state index contributed by atoms with van der Waals surface area (Å²) in [5.41, 5.74) is 4.55. The fourth-order valence-electron chi connectivity index (χ4n) is 5.55. The maximum atomic E-state index is 6.71. The molecule has 0 amide bonds. The van der Waals surface area contributed by atoms with Crippen molar-refractivity contribution in [2.45, 2.75) is 95.7 Å². The van der Waals surface area contributed by atoms with Gasteiger partial charge in [-0.05, 0) is 35.3 Å². The number of ether oxygens (including phenoxy) is 4. The second-order valence-corrected chi connectivity index (χ2v) is 25.6. The number of aromatic nitrogens is 4. The van der Waals surface area contributed by atoms with Crippen molar-refractivity contribution in [2.75, 3.05) is 19.8 Å². The van der Waals surface area contributed by atoms with Gasteiger partial charge >= 0.3 is 6.01 Å². The number of hydrogen-bond donors (Lipinski definition) is 0. The molecular formula is C35H48N4O5Si2. The monoisotopic (exact) mass is 660 g/mol. The van der Waals surface area contributed by atoms with Crippen LogP contribution in [0.3, 0.4) is 0 Å². The molecule has 11 heteroatoms. The topological polar surface area (TPSA) is 89.8 Å². The lowest BCUT2D eigenvalue weighted by Crippen LogP contribution is -2.47. The molecule has 2 fully saturated rings. The van der Waals surface area contributed by atoms with Crippen LogP contribution in [0.1, 0.15) is 20.8 Å². The molecule has 46 heavy (non-hydrogen) atoms. The van der Waals surface area contributed by atoms with Crippen LogP contribution in [0.15, 0.2) is 60.8 Å². The fourth-order valence-corrected chi connectivity index (χ4v) is 7.61. The van der Waals surface area contributed by atoms with E-state index in [0.717, 1.165) is 22.7 Å². The Balaban J connectivity index is 1.23. The molecule has 0 aliphatic carbocycles. The number of nitrogens with zero attached hydrogens (tertiary/aromatic N) is 4. The Morgan fingerprint density at radius 2 is 1.46 bits per heavy atom. The van der Waals surface area contributed by atoms with Gasteiger partial charge in [-0.1, -0.05) is 95.0 Å². The van der Waals surface area contributed by atoms with Crippen LogP contribution in [0.25, 0.3) is 33.7 Å². The van der Waals surface area contributed by atoms with Gasteiger partial charge in [-0.15, -0.1) is 0 Å². The Morgan fingerprint density at radius 3 is 2.13 bits per heavy atom. The Morgan fingerprint density at radius 1 is 0.826 bits per heavy atom. The molecule has 2 aromatic heterocycles. The van der Waals surface area contributed by atoms with Gasteiger partial charge in [0.15, 0.2) is 25.9 Å². The van der Waals surface area contributed by atoms with E-state index in [9.17, 15) is 0 Å². The normalized spacial score (nSPS) is 22.0. The van der Waals surface area contributed by atoms with E-state index < -0.39 is 16.4 Å². The second-order valence-electron chi connectivity index (χ2n) is 15.2. The van der Waals surface area contributed by atoms with E-state index in [1.165, 1.54) is 5.56 Å². The van der Waals surface area contributed by atoms with E-state index in [-0.39, 0.29) is 29.5 Å². The number of imidazole rings is 1. The van der Waals surface area contributed by atoms with Gasteiger partial charge in [0.25, 0.3) is 0 Å². The Labute approximate surface area is 274 Å². The first-order chi connectivity index (χ1) is 21.8. The lowest BCUT2D eigenvalue weighted by atomic mass is 10.0. The van der Waals surface area contributed by atoms with Gasteiger partial charge in [0.1, 0.15) is 24.5 Å². The van der Waals surface area contributed by atoms with Crippen LogP contribution < -0.4 is 4.74 Å². The molecule has 0 bridgehead atoms. The van der Waals surface area contributed by atoms with Crippen molar-refractivity contribution < 1.29 is 23.4 Å². The van der Waals surface area contributed by atoms with Crippen LogP contribution in [0.4, 0.5) is 0 Å². The highest BCUT2D eigenvalue weighted by atomic mass is 28.4. The average molecular weight is 661 g/mol. The lowest BCUT2D eigenvalue weighted by Gasteiger charge is -2.39. The fraction of sp³-hybridized carbons (Fsp3) is 0.514. The minimum absolute atomic E-state index is 0.101. The molecule has 2 saturated heterocycles. The second kappa shape index (κ2) is 12.9. The molecule has 9 nitrogen and oxygen atoms in total. The predicted molar refractivity (Wildman–Crippen MR) is 186 cm³/mol. The highest BCUT2D eigenvalue weighted by molar-refractivity contribution is 6.76. The van der Waals surface area contributed by atoms with Crippen LogP contribution >= 0.6 is 0 Å². The van der Waals surface area contributed by atoms with E-state index in [4.69, 9.17) is 38.3 Å². The lowest BCUT2D eigenvalue weighted by molar-refractivity contribution is 0.00691. The number of benzene rings is 2. The summed E-state index contributed by atoms with van der Waals surface area (Å²) in [5.74, 6) is 0.608. The van der Waals surface area contributed by atoms with E-state index in [2.05, 4.69) is 77.8 Å². The summed E-state index contributed by atoms with van der Waals surface area (Å²) in [7, 11) is -3.24. The van der Waals surface area contributed by atoms with Crippen molar-refractivity contribution in [1.82, 2.24) is 19.5 Å². The van der Waals surface area contributed by atoms with Crippen LogP contribution in [0, 0.1) is 0 Å². The molecule has 2 aliphatic heterocycles. The van der Waals surface area contributed by atoms with Gasteiger partial charge in [0.05, 0.1) is 25.5 Å². The molecule has 4 aromatic rings. The molecule has 0 unspecified atom stereocenters. The average Bonchev–Trinajstić information content (AvgIpc) is 3.69. The van der Waals surface area contributed by atoms with Gasteiger partial charge in [0.2, 0.25) is 0 Å². The molecule has 2 aliphatic rings. The summed E-state index contributed by atoms with van der Waals surface area (Å²) in [4.78, 5) is 14.5. The Kier molecular flexibility index (Phi) is 9.27. The Hall–Kier alpha value is -2.94. The minimum atomic E-state index is -1.99. The standard InChI is InChI=1S/C35H48N4O5Si2/c1-35(2,3)46(7,8)44-29-22-42-30-28(21-41-31(29)30)43-34-38-33-27(39(34)23-40-18-19-45(4,5)6)20-36-32(37-33)26-16-14-25(15-17-26)24-12-10-9-11-13-24/h9-17,20,28-31H,18-19,21-23H2,1-8H3/t28-,29-,30-,31-/m1/s1. The van der Waals surface area contributed by atoms with Crippen LogP contribution in [0.2, 0.25) is 43.8 Å². The number of fused-ring (bicyclic) bond motifs is 2. The molecule has 4 atom stereocenters. The van der Waals surface area contributed by atoms with Crippen molar-refractivity contribution in [3.05, 3.63) is 60.8 Å². The molecule has 4 heterocycles. The summed E-state index contributed by atoms with van der Waals surface area (Å²) in [5, 5.41) is 0.101. The van der Waals surface area contributed by atoms with Crippen LogP contribution in [-0.2, 0) is 25.4 Å². The van der Waals surface area contributed by atoms with E-state index in [0.29, 0.717) is 44.0 Å². The first-order valence-electron chi connectivity index (χ1n) is 16.3. The third-order valence-corrected chi connectivity index (χ3v) is 15.6. The summed E-state index contributed by atoms with van der Waals surface area (Å²) >= 11 is 0. The molecule has 6 rings (SSSR count). The van der Waals surface area contributed by atoms with E-state index in [1.807, 2.05) is 41.1 Å². The van der Waals surface area contributed by atoms with Crippen molar-refractivity contribution in [2.24, 2.45) is 0 Å². The van der Waals surface area contributed by atoms with Crippen LogP contribution in [-0.4, -0.2) is 80.1 Å². The summed E-state index contributed by atoms with van der Waals surface area (Å²) in [6, 6.07) is 20.1. The predicted octanol–water partition coefficient (Wildman–Crippen LogP) is 7.41. The molecule has 0 N–H and O–H groups in total. The summed E-state index contributed by atoms with van der Waals surface area (Å²) in [6.07, 6.45) is 0.974. The zero-order valence-electron chi connectivity index (χ0n) is 28.4. The van der Waals surface area contributed by atoms with Crippen molar-refractivity contribution in [3.63, 3.8) is 0 Å². The van der Waals surface area contributed by atoms with Crippen molar-refractivity contribution in [3.8, 4) is 28.5 Å². The summed E-state index contributed by atoms with van der Waals surface area (Å²) < 4.78 is 33.9. The minimum Gasteiger partial charge on any atom is -0.456 e. The van der Waals surface area contributed by atoms with Crippen molar-refractivity contribution in [1.29, 1.82) is 0 Å². The number of rotatable bonds is 11. The van der Waals surface area contributed by atoms with Gasteiger partial charge in [0, 0.05) is 20.2 Å². The highest BCUT2D eigenvalue weighted by Crippen LogP contribution is 2.40. The van der Waals surface area contributed by atoms with Gasteiger partial charge < -0.3 is 23.4 Å². The molecule has 246 valence electrons. The highest BCUT2D eigenvalue weighted by Gasteiger charge is 2.52. The van der Waals surface area contributed by atoms with E-state index in [1.54, 1.807) is 0 Å². The molecule has 0 spiro atoms. The summed E-state index contributed by atoms with van der Waals surface area (Å²) in [6.45, 7) is 20.2. The van der Waals surface area contributed by atoms with Gasteiger partial charge in [-0.25, -0.2) is 9.97 Å². The molecule has 0 saturated carbocycles. The zero-order valence-corrected chi connectivity index (χ0v) is 30.4. The number of hydrogen-bond acceptors (Lipinski definition) is 8. The molecule has 2 aromatic carbocycles. The van der Waals surface area contributed by atoms with Gasteiger partial charge in [-0.3, -0.25) is 4.57 Å². The quantitative estimate of drug-likeness (QED) is 0.121. The van der Waals surface area contributed by atoms with Gasteiger partial charge in [-0.2, -0.15) is 4.98 Å². The maximum absolute atomic E-state index is 6.71. The van der Waals surface area contributed by atoms with Crippen molar-refractivity contribution >= 4 is 27.6 Å².